The van der Waals surface area contributed by atoms with Crippen LogP contribution in [0.25, 0.3) is 0 Å². The molecule has 2 rings (SSSR count). The number of thiazole rings is 1. The fourth-order valence-electron chi connectivity index (χ4n) is 1.71. The number of rotatable bonds is 4. The molecule has 0 aliphatic carbocycles. The Morgan fingerprint density at radius 3 is 2.71 bits per heavy atom. The number of carbonyl (C=O) groups is 2. The maximum absolute atomic E-state index is 12.1. The van der Waals surface area contributed by atoms with E-state index in [1.165, 1.54) is 16.7 Å². The third-order valence-electron chi connectivity index (χ3n) is 2.88. The van der Waals surface area contributed by atoms with Gasteiger partial charge in [-0.25, -0.2) is 9.78 Å². The number of amides is 1. The first-order chi connectivity index (χ1) is 9.88. The molecule has 0 aliphatic rings. The molecule has 1 amide bonds. The third-order valence-corrected chi connectivity index (χ3v) is 4.33. The molecule has 0 saturated heterocycles. The first kappa shape index (κ1) is 15.5. The number of hydrogen-bond acceptors (Lipinski definition) is 4. The highest BCUT2D eigenvalue weighted by Gasteiger charge is 2.17. The minimum atomic E-state index is -1.08. The highest BCUT2D eigenvalue weighted by atomic mass is 35.5. The molecule has 0 saturated carbocycles. The fourth-order valence-corrected chi connectivity index (χ4v) is 2.63. The van der Waals surface area contributed by atoms with Crippen molar-refractivity contribution in [2.24, 2.45) is 0 Å². The Morgan fingerprint density at radius 2 is 2.14 bits per heavy atom. The van der Waals surface area contributed by atoms with Crippen LogP contribution < -0.4 is 5.32 Å². The predicted octanol–water partition coefficient (Wildman–Crippen LogP) is 3.29. The maximum atomic E-state index is 12.1. The number of aromatic carboxylic acids is 1. The van der Waals surface area contributed by atoms with Gasteiger partial charge in [0.2, 0.25) is 0 Å². The van der Waals surface area contributed by atoms with Crippen LogP contribution in [0.5, 0.6) is 0 Å². The van der Waals surface area contributed by atoms with Crippen LogP contribution in [0.4, 0.5) is 0 Å². The number of aryl methyl sites for hydroxylation is 1. The van der Waals surface area contributed by atoms with E-state index in [-0.39, 0.29) is 17.6 Å². The van der Waals surface area contributed by atoms with Crippen LogP contribution in [0.1, 0.15) is 44.4 Å². The number of carbonyl (C=O) groups excluding carboxylic acids is 1. The minimum Gasteiger partial charge on any atom is -0.476 e. The minimum absolute atomic E-state index is 0.0153. The van der Waals surface area contributed by atoms with Crippen molar-refractivity contribution in [3.05, 3.63) is 50.4 Å². The molecule has 0 bridgehead atoms. The van der Waals surface area contributed by atoms with Gasteiger partial charge >= 0.3 is 5.97 Å². The third kappa shape index (κ3) is 3.59. The van der Waals surface area contributed by atoms with Crippen LogP contribution in [-0.2, 0) is 0 Å². The van der Waals surface area contributed by atoms with Gasteiger partial charge in [-0.1, -0.05) is 11.6 Å². The topological polar surface area (TPSA) is 79.3 Å². The van der Waals surface area contributed by atoms with Gasteiger partial charge in [-0.3, -0.25) is 4.79 Å². The average molecular weight is 325 g/mol. The Labute approximate surface area is 130 Å². The maximum Gasteiger partial charge on any atom is 0.355 e. The quantitative estimate of drug-likeness (QED) is 0.904. The lowest BCUT2D eigenvalue weighted by atomic mass is 10.1. The van der Waals surface area contributed by atoms with E-state index >= 15 is 0 Å². The molecule has 2 aromatic rings. The lowest BCUT2D eigenvalue weighted by Gasteiger charge is -2.11. The first-order valence-electron chi connectivity index (χ1n) is 6.14. The molecule has 1 unspecified atom stereocenters. The zero-order valence-electron chi connectivity index (χ0n) is 11.4. The van der Waals surface area contributed by atoms with Crippen LogP contribution in [-0.4, -0.2) is 22.0 Å². The van der Waals surface area contributed by atoms with Crippen molar-refractivity contribution in [1.82, 2.24) is 10.3 Å². The van der Waals surface area contributed by atoms with E-state index in [0.29, 0.717) is 15.6 Å². The molecule has 21 heavy (non-hydrogen) atoms. The summed E-state index contributed by atoms with van der Waals surface area (Å²) in [4.78, 5) is 26.9. The van der Waals surface area contributed by atoms with Gasteiger partial charge < -0.3 is 10.4 Å². The number of halogens is 1. The molecule has 0 radical (unpaired) electrons. The van der Waals surface area contributed by atoms with Gasteiger partial charge in [0.15, 0.2) is 5.69 Å². The largest absolute Gasteiger partial charge is 0.476 e. The zero-order valence-corrected chi connectivity index (χ0v) is 13.0. The number of benzene rings is 1. The number of carboxylic acids is 1. The predicted molar refractivity (Wildman–Crippen MR) is 81.1 cm³/mol. The van der Waals surface area contributed by atoms with E-state index < -0.39 is 5.97 Å². The van der Waals surface area contributed by atoms with Gasteiger partial charge in [-0.15, -0.1) is 11.3 Å². The first-order valence-corrected chi connectivity index (χ1v) is 7.40. The number of hydrogen-bond donors (Lipinski definition) is 2. The summed E-state index contributed by atoms with van der Waals surface area (Å²) in [5.74, 6) is -1.33. The molecule has 1 aromatic heterocycles. The van der Waals surface area contributed by atoms with E-state index in [1.54, 1.807) is 25.1 Å². The summed E-state index contributed by atoms with van der Waals surface area (Å²) >= 11 is 7.12. The van der Waals surface area contributed by atoms with Gasteiger partial charge in [0.25, 0.3) is 5.91 Å². The second-order valence-electron chi connectivity index (χ2n) is 4.54. The van der Waals surface area contributed by atoms with Gasteiger partial charge in [0, 0.05) is 16.0 Å². The monoisotopic (exact) mass is 324 g/mol. The number of nitrogens with one attached hydrogen (secondary N) is 1. The Bertz CT molecular complexity index is 699. The van der Waals surface area contributed by atoms with Crippen LogP contribution >= 0.6 is 22.9 Å². The summed E-state index contributed by atoms with van der Waals surface area (Å²) in [5, 5.41) is 14.2. The van der Waals surface area contributed by atoms with Gasteiger partial charge in [0.05, 0.1) is 6.04 Å². The molecular weight excluding hydrogens is 312 g/mol. The normalized spacial score (nSPS) is 12.0. The van der Waals surface area contributed by atoms with Crippen molar-refractivity contribution < 1.29 is 14.7 Å². The summed E-state index contributed by atoms with van der Waals surface area (Å²) in [6, 6.07) is 4.64. The standard InChI is InChI=1S/C14H13ClN2O3S/c1-7-5-9(3-4-10(7)15)12(18)16-8(2)13-17-11(6-21-13)14(19)20/h3-6,8H,1-2H3,(H,16,18)(H,19,20). The highest BCUT2D eigenvalue weighted by molar-refractivity contribution is 7.09. The second kappa shape index (κ2) is 6.24. The van der Waals surface area contributed by atoms with Gasteiger partial charge in [-0.2, -0.15) is 0 Å². The van der Waals surface area contributed by atoms with Crippen molar-refractivity contribution in [3.63, 3.8) is 0 Å². The molecule has 0 fully saturated rings. The van der Waals surface area contributed by atoms with Crippen molar-refractivity contribution in [1.29, 1.82) is 0 Å². The van der Waals surface area contributed by atoms with Crippen molar-refractivity contribution in [2.75, 3.05) is 0 Å². The molecular formula is C14H13ClN2O3S. The van der Waals surface area contributed by atoms with Crippen LogP contribution in [0, 0.1) is 6.92 Å². The number of aromatic nitrogens is 1. The Kier molecular flexibility index (Phi) is 4.59. The Morgan fingerprint density at radius 1 is 1.43 bits per heavy atom. The number of nitrogens with zero attached hydrogens (tertiary/aromatic N) is 1. The van der Waals surface area contributed by atoms with Gasteiger partial charge in [0.1, 0.15) is 5.01 Å². The van der Waals surface area contributed by atoms with E-state index in [4.69, 9.17) is 16.7 Å². The smallest absolute Gasteiger partial charge is 0.355 e. The summed E-state index contributed by atoms with van der Waals surface area (Å²) in [6.07, 6.45) is 0. The average Bonchev–Trinajstić information content (AvgIpc) is 2.91. The van der Waals surface area contributed by atoms with E-state index in [2.05, 4.69) is 10.3 Å². The zero-order chi connectivity index (χ0) is 15.6. The van der Waals surface area contributed by atoms with Crippen LogP contribution in [0.15, 0.2) is 23.6 Å². The summed E-state index contributed by atoms with van der Waals surface area (Å²) in [6.45, 7) is 3.58. The van der Waals surface area contributed by atoms with E-state index in [0.717, 1.165) is 5.56 Å². The lowest BCUT2D eigenvalue weighted by Crippen LogP contribution is -2.26. The van der Waals surface area contributed by atoms with Gasteiger partial charge in [-0.05, 0) is 37.6 Å². The summed E-state index contributed by atoms with van der Waals surface area (Å²) < 4.78 is 0. The molecule has 5 nitrogen and oxygen atoms in total. The summed E-state index contributed by atoms with van der Waals surface area (Å²) in [5.41, 5.74) is 1.30. The Balaban J connectivity index is 2.10. The molecule has 1 heterocycles. The molecule has 1 aromatic carbocycles. The molecule has 2 N–H and O–H groups in total. The summed E-state index contributed by atoms with van der Waals surface area (Å²) in [7, 11) is 0. The van der Waals surface area contributed by atoms with Crippen molar-refractivity contribution in [3.8, 4) is 0 Å². The Hall–Kier alpha value is -1.92. The van der Waals surface area contributed by atoms with Crippen LogP contribution in [0.2, 0.25) is 5.02 Å². The van der Waals surface area contributed by atoms with E-state index in [9.17, 15) is 9.59 Å². The fraction of sp³-hybridized carbons (Fsp3) is 0.214. The lowest BCUT2D eigenvalue weighted by molar-refractivity contribution is 0.0691. The van der Waals surface area contributed by atoms with E-state index in [1.807, 2.05) is 6.92 Å². The van der Waals surface area contributed by atoms with Crippen molar-refractivity contribution >= 4 is 34.8 Å². The molecule has 0 spiro atoms. The molecule has 7 heteroatoms. The highest BCUT2D eigenvalue weighted by Crippen LogP contribution is 2.20. The van der Waals surface area contributed by atoms with Crippen molar-refractivity contribution in [2.45, 2.75) is 19.9 Å². The number of carboxylic acid groups (broad SMARTS) is 1. The molecule has 110 valence electrons. The molecule has 1 atom stereocenters. The SMILES string of the molecule is Cc1cc(C(=O)NC(C)c2nc(C(=O)O)cs2)ccc1Cl. The molecule has 0 aliphatic heterocycles. The van der Waals surface area contributed by atoms with Crippen LogP contribution in [0.3, 0.4) is 0 Å². The second-order valence-corrected chi connectivity index (χ2v) is 5.83.